The van der Waals surface area contributed by atoms with E-state index in [0.29, 0.717) is 13.0 Å². The van der Waals surface area contributed by atoms with Crippen LogP contribution in [0, 0.1) is 0 Å². The van der Waals surface area contributed by atoms with E-state index in [0.717, 1.165) is 55.4 Å². The van der Waals surface area contributed by atoms with Gasteiger partial charge in [0.2, 0.25) is 5.91 Å². The van der Waals surface area contributed by atoms with Crippen LogP contribution in [0.25, 0.3) is 0 Å². The van der Waals surface area contributed by atoms with Gasteiger partial charge in [0.1, 0.15) is 0 Å². The number of piperazine rings is 1. The largest absolute Gasteiger partial charge is 0.352 e. The number of hydrogen-bond donors (Lipinski definition) is 1. The van der Waals surface area contributed by atoms with Crippen molar-refractivity contribution in [3.05, 3.63) is 87.4 Å². The molecule has 0 unspecified atom stereocenters. The molecule has 0 radical (unpaired) electrons. The third kappa shape index (κ3) is 6.72. The van der Waals surface area contributed by atoms with Crippen LogP contribution >= 0.6 is 11.3 Å². The van der Waals surface area contributed by atoms with Crippen molar-refractivity contribution in [2.45, 2.75) is 25.9 Å². The van der Waals surface area contributed by atoms with E-state index >= 15 is 0 Å². The van der Waals surface area contributed by atoms with Crippen molar-refractivity contribution in [1.29, 1.82) is 0 Å². The number of hydrogen-bond acceptors (Lipinski definition) is 5. The molecule has 1 N–H and O–H groups in total. The molecule has 2 aromatic carbocycles. The predicted molar refractivity (Wildman–Crippen MR) is 126 cm³/mol. The van der Waals surface area contributed by atoms with Crippen LogP contribution < -0.4 is 5.32 Å². The van der Waals surface area contributed by atoms with Crippen LogP contribution in [0.5, 0.6) is 0 Å². The minimum absolute atomic E-state index is 0.0148. The zero-order valence-corrected chi connectivity index (χ0v) is 18.9. The van der Waals surface area contributed by atoms with Crippen LogP contribution in [0.15, 0.2) is 60.0 Å². The Morgan fingerprint density at radius 2 is 1.74 bits per heavy atom. The Morgan fingerprint density at radius 1 is 1.00 bits per heavy atom. The van der Waals surface area contributed by atoms with Crippen LogP contribution in [-0.4, -0.2) is 53.9 Å². The summed E-state index contributed by atoms with van der Waals surface area (Å²) in [6.07, 6.45) is 1.14. The third-order valence-corrected chi connectivity index (χ3v) is 6.52. The summed E-state index contributed by atoms with van der Waals surface area (Å²) in [5, 5.41) is 6.09. The van der Waals surface area contributed by atoms with E-state index in [4.69, 9.17) is 0 Å². The maximum Gasteiger partial charge on any atom is 0.226 e. The number of carbonyl (C=O) groups is 1. The molecule has 1 aliphatic rings. The minimum atomic E-state index is 0.0148. The number of thiazole rings is 1. The Bertz CT molecular complexity index is 980. The van der Waals surface area contributed by atoms with E-state index in [1.165, 1.54) is 11.1 Å². The van der Waals surface area contributed by atoms with Gasteiger partial charge in [-0.1, -0.05) is 54.6 Å². The van der Waals surface area contributed by atoms with E-state index in [-0.39, 0.29) is 5.91 Å². The Morgan fingerprint density at radius 3 is 2.55 bits per heavy atom. The van der Waals surface area contributed by atoms with Gasteiger partial charge in [0, 0.05) is 51.1 Å². The molecule has 162 valence electrons. The van der Waals surface area contributed by atoms with Crippen molar-refractivity contribution in [3.8, 4) is 0 Å². The van der Waals surface area contributed by atoms with Gasteiger partial charge in [-0.15, -0.1) is 11.3 Å². The number of benzene rings is 2. The molecule has 0 spiro atoms. The number of likely N-dealkylation sites (N-methyl/N-ethyl adjacent to an activating group) is 1. The third-order valence-electron chi connectivity index (χ3n) is 5.62. The van der Waals surface area contributed by atoms with Crippen LogP contribution in [0.1, 0.15) is 27.4 Å². The SMILES string of the molecule is CN1CCN(Cc2cccc(CNC(=O)Cc3csc(Cc4ccccc4)n3)c2)CC1. The fraction of sp³-hybridized carbons (Fsp3) is 0.360. The Balaban J connectivity index is 1.24. The molecule has 3 aromatic rings. The van der Waals surface area contributed by atoms with Gasteiger partial charge in [0.25, 0.3) is 0 Å². The molecule has 4 rings (SSSR count). The number of nitrogens with zero attached hydrogens (tertiary/aromatic N) is 3. The maximum absolute atomic E-state index is 12.4. The van der Waals surface area contributed by atoms with E-state index < -0.39 is 0 Å². The van der Waals surface area contributed by atoms with Gasteiger partial charge in [-0.2, -0.15) is 0 Å². The number of carbonyl (C=O) groups excluding carboxylic acids is 1. The monoisotopic (exact) mass is 434 g/mol. The second-order valence-corrected chi connectivity index (χ2v) is 9.19. The minimum Gasteiger partial charge on any atom is -0.352 e. The summed E-state index contributed by atoms with van der Waals surface area (Å²) in [7, 11) is 2.18. The van der Waals surface area contributed by atoms with Gasteiger partial charge in [-0.05, 0) is 23.7 Å². The fourth-order valence-corrected chi connectivity index (χ4v) is 4.64. The number of rotatable bonds is 8. The first-order valence-electron chi connectivity index (χ1n) is 10.9. The molecule has 1 saturated heterocycles. The molecule has 1 amide bonds. The van der Waals surface area contributed by atoms with Crippen molar-refractivity contribution in [1.82, 2.24) is 20.1 Å². The summed E-state index contributed by atoms with van der Waals surface area (Å²) >= 11 is 1.62. The van der Waals surface area contributed by atoms with Crippen molar-refractivity contribution in [2.75, 3.05) is 33.2 Å². The molecule has 2 heterocycles. The van der Waals surface area contributed by atoms with E-state index in [2.05, 4.69) is 63.5 Å². The summed E-state index contributed by atoms with van der Waals surface area (Å²) in [6, 6.07) is 18.8. The molecule has 1 aromatic heterocycles. The van der Waals surface area contributed by atoms with Crippen LogP contribution in [-0.2, 0) is 30.7 Å². The lowest BCUT2D eigenvalue weighted by molar-refractivity contribution is -0.120. The highest BCUT2D eigenvalue weighted by Gasteiger charge is 2.14. The zero-order valence-electron chi connectivity index (χ0n) is 18.1. The van der Waals surface area contributed by atoms with Gasteiger partial charge < -0.3 is 10.2 Å². The highest BCUT2D eigenvalue weighted by Crippen LogP contribution is 2.15. The molecular formula is C25H30N4OS. The smallest absolute Gasteiger partial charge is 0.226 e. The van der Waals surface area contributed by atoms with Crippen LogP contribution in [0.4, 0.5) is 0 Å². The Kier molecular flexibility index (Phi) is 7.46. The standard InChI is InChI=1S/C25H30N4OS/c1-28-10-12-29(13-11-28)18-22-9-5-8-21(14-22)17-26-24(30)16-23-19-31-25(27-23)15-20-6-3-2-4-7-20/h2-9,14,19H,10-13,15-18H2,1H3,(H,26,30). The Labute approximate surface area is 188 Å². The number of aromatic nitrogens is 1. The summed E-state index contributed by atoms with van der Waals surface area (Å²) in [5.74, 6) is 0.0148. The molecule has 31 heavy (non-hydrogen) atoms. The first-order valence-corrected chi connectivity index (χ1v) is 11.7. The molecule has 6 heteroatoms. The molecule has 0 atom stereocenters. The number of nitrogens with one attached hydrogen (secondary N) is 1. The summed E-state index contributed by atoms with van der Waals surface area (Å²) in [5.41, 5.74) is 4.53. The summed E-state index contributed by atoms with van der Waals surface area (Å²) < 4.78 is 0. The van der Waals surface area contributed by atoms with E-state index in [9.17, 15) is 4.79 Å². The molecule has 1 fully saturated rings. The lowest BCUT2D eigenvalue weighted by Gasteiger charge is -2.32. The molecule has 0 aliphatic carbocycles. The highest BCUT2D eigenvalue weighted by molar-refractivity contribution is 7.09. The van der Waals surface area contributed by atoms with Gasteiger partial charge >= 0.3 is 0 Å². The van der Waals surface area contributed by atoms with Gasteiger partial charge in [-0.3, -0.25) is 9.69 Å². The quantitative estimate of drug-likeness (QED) is 0.591. The van der Waals surface area contributed by atoms with Crippen molar-refractivity contribution in [3.63, 3.8) is 0 Å². The topological polar surface area (TPSA) is 48.5 Å². The lowest BCUT2D eigenvalue weighted by atomic mass is 10.1. The molecular weight excluding hydrogens is 404 g/mol. The Hall–Kier alpha value is -2.54. The zero-order chi connectivity index (χ0) is 21.5. The van der Waals surface area contributed by atoms with Gasteiger partial charge in [0.05, 0.1) is 17.1 Å². The van der Waals surface area contributed by atoms with E-state index in [1.807, 2.05) is 23.6 Å². The lowest BCUT2D eigenvalue weighted by Crippen LogP contribution is -2.43. The molecule has 0 bridgehead atoms. The average molecular weight is 435 g/mol. The second-order valence-electron chi connectivity index (χ2n) is 8.25. The first-order chi connectivity index (χ1) is 15.1. The van der Waals surface area contributed by atoms with Gasteiger partial charge in [0.15, 0.2) is 0 Å². The van der Waals surface area contributed by atoms with Crippen LogP contribution in [0.3, 0.4) is 0 Å². The summed E-state index contributed by atoms with van der Waals surface area (Å²) in [4.78, 5) is 21.9. The fourth-order valence-electron chi connectivity index (χ4n) is 3.81. The normalized spacial score (nSPS) is 15.1. The van der Waals surface area contributed by atoms with Crippen molar-refractivity contribution < 1.29 is 4.79 Å². The maximum atomic E-state index is 12.4. The molecule has 5 nitrogen and oxygen atoms in total. The average Bonchev–Trinajstić information content (AvgIpc) is 3.21. The van der Waals surface area contributed by atoms with E-state index in [1.54, 1.807) is 11.3 Å². The van der Waals surface area contributed by atoms with Gasteiger partial charge in [-0.25, -0.2) is 4.98 Å². The number of amides is 1. The van der Waals surface area contributed by atoms with Crippen molar-refractivity contribution >= 4 is 17.2 Å². The molecule has 0 saturated carbocycles. The van der Waals surface area contributed by atoms with Crippen molar-refractivity contribution in [2.24, 2.45) is 0 Å². The summed E-state index contributed by atoms with van der Waals surface area (Å²) in [6.45, 7) is 5.99. The second kappa shape index (κ2) is 10.7. The highest BCUT2D eigenvalue weighted by atomic mass is 32.1. The predicted octanol–water partition coefficient (Wildman–Crippen LogP) is 3.34. The molecule has 1 aliphatic heterocycles. The first kappa shape index (κ1) is 21.7. The van der Waals surface area contributed by atoms with Crippen LogP contribution in [0.2, 0.25) is 0 Å².